The summed E-state index contributed by atoms with van der Waals surface area (Å²) in [6, 6.07) is 0. The summed E-state index contributed by atoms with van der Waals surface area (Å²) in [7, 11) is 1.75. The summed E-state index contributed by atoms with van der Waals surface area (Å²) in [4.78, 5) is 0. The van der Waals surface area contributed by atoms with Gasteiger partial charge in [0.25, 0.3) is 0 Å². The van der Waals surface area contributed by atoms with Crippen molar-refractivity contribution < 1.29 is 0 Å². The Kier molecular flexibility index (Phi) is 3.48. The van der Waals surface area contributed by atoms with E-state index in [1.807, 2.05) is 0 Å². The molecule has 0 heterocycles. The van der Waals surface area contributed by atoms with E-state index >= 15 is 0 Å². The molecule has 0 aromatic rings. The molecule has 0 aromatic heterocycles. The maximum absolute atomic E-state index is 5.30. The zero-order chi connectivity index (χ0) is 6.41. The van der Waals surface area contributed by atoms with Gasteiger partial charge in [-0.2, -0.15) is 0 Å². The molecule has 4 N–H and O–H groups in total. The molecular weight excluding hydrogens is 102 g/mol. The van der Waals surface area contributed by atoms with Gasteiger partial charge in [-0.15, -0.1) is 0 Å². The number of hydrogen-bond donors (Lipinski definition) is 3. The minimum absolute atomic E-state index is 0.588. The molecule has 8 heavy (non-hydrogen) atoms. The summed E-state index contributed by atoms with van der Waals surface area (Å²) in [5.74, 6) is 0.588. The molecule has 0 unspecified atom stereocenters. The molecule has 0 aliphatic heterocycles. The van der Waals surface area contributed by atoms with E-state index < -0.39 is 0 Å². The lowest BCUT2D eigenvalue weighted by Crippen LogP contribution is -2.16. The molecule has 0 spiro atoms. The first-order valence-corrected chi connectivity index (χ1v) is 2.31. The minimum atomic E-state index is 0.588. The monoisotopic (exact) mass is 113 g/mol. The Labute approximate surface area is 49.3 Å². The van der Waals surface area contributed by atoms with Crippen LogP contribution < -0.4 is 16.4 Å². The molecular formula is C5H11N3. The topological polar surface area (TPSA) is 50.1 Å². The molecule has 46 valence electrons. The van der Waals surface area contributed by atoms with Crippen LogP contribution >= 0.6 is 0 Å². The van der Waals surface area contributed by atoms with Gasteiger partial charge in [0.2, 0.25) is 0 Å². The van der Waals surface area contributed by atoms with Crippen LogP contribution in [0.25, 0.3) is 0 Å². The lowest BCUT2D eigenvalue weighted by molar-refractivity contribution is 0.936. The molecule has 0 radical (unpaired) electrons. The van der Waals surface area contributed by atoms with Gasteiger partial charge in [-0.3, -0.25) is 0 Å². The predicted molar refractivity (Wildman–Crippen MR) is 34.7 cm³/mol. The molecule has 0 rings (SSSR count). The summed E-state index contributed by atoms with van der Waals surface area (Å²) in [5, 5.41) is 5.44. The Balaban J connectivity index is 3.40. The largest absolute Gasteiger partial charge is 0.384 e. The highest BCUT2D eigenvalue weighted by molar-refractivity contribution is 4.92. The van der Waals surface area contributed by atoms with Crippen molar-refractivity contribution in [3.63, 3.8) is 0 Å². The maximum Gasteiger partial charge on any atom is 0.112 e. The Morgan fingerprint density at radius 3 is 2.75 bits per heavy atom. The molecule has 0 bridgehead atoms. The van der Waals surface area contributed by atoms with Crippen LogP contribution in [0.4, 0.5) is 0 Å². The Morgan fingerprint density at radius 1 is 1.75 bits per heavy atom. The lowest BCUT2D eigenvalue weighted by Gasteiger charge is -1.96. The van der Waals surface area contributed by atoms with Crippen molar-refractivity contribution in [1.82, 2.24) is 10.6 Å². The van der Waals surface area contributed by atoms with Crippen LogP contribution in [0.2, 0.25) is 0 Å². The predicted octanol–water partition coefficient (Wildman–Crippen LogP) is -0.304. The van der Waals surface area contributed by atoms with Crippen molar-refractivity contribution in [2.45, 2.75) is 0 Å². The third-order valence-corrected chi connectivity index (χ3v) is 0.645. The molecule has 0 saturated heterocycles. The Morgan fingerprint density at radius 2 is 2.38 bits per heavy atom. The highest BCUT2D eigenvalue weighted by atomic mass is 15.0. The van der Waals surface area contributed by atoms with Gasteiger partial charge in [0.1, 0.15) is 5.82 Å². The van der Waals surface area contributed by atoms with E-state index in [0.29, 0.717) is 5.82 Å². The fourth-order valence-electron chi connectivity index (χ4n) is 0.221. The molecule has 0 saturated carbocycles. The summed E-state index contributed by atoms with van der Waals surface area (Å²) < 4.78 is 0. The summed E-state index contributed by atoms with van der Waals surface area (Å²) in [6.45, 7) is 3.43. The fraction of sp³-hybridized carbons (Fsp3) is 0.200. The molecule has 0 aliphatic rings. The number of rotatable bonds is 3. The maximum atomic E-state index is 5.30. The van der Waals surface area contributed by atoms with Crippen molar-refractivity contribution >= 4 is 0 Å². The van der Waals surface area contributed by atoms with Gasteiger partial charge in [-0.1, -0.05) is 6.58 Å². The first-order chi connectivity index (χ1) is 3.81. The van der Waals surface area contributed by atoms with Crippen molar-refractivity contribution in [1.29, 1.82) is 0 Å². The lowest BCUT2D eigenvalue weighted by atomic mass is 10.7. The standard InChI is InChI=1S/C5H11N3/c1-3-8-4-5(6)7-2/h3-4,7-8H,1,6H2,2H3/b5-4-. The van der Waals surface area contributed by atoms with Crippen molar-refractivity contribution in [3.8, 4) is 0 Å². The van der Waals surface area contributed by atoms with E-state index in [9.17, 15) is 0 Å². The zero-order valence-electron chi connectivity index (χ0n) is 4.94. The first-order valence-electron chi connectivity index (χ1n) is 2.31. The highest BCUT2D eigenvalue weighted by Crippen LogP contribution is 1.67. The van der Waals surface area contributed by atoms with Gasteiger partial charge in [0.15, 0.2) is 0 Å². The van der Waals surface area contributed by atoms with Crippen LogP contribution in [0.5, 0.6) is 0 Å². The van der Waals surface area contributed by atoms with Crippen LogP contribution in [0.15, 0.2) is 24.8 Å². The van der Waals surface area contributed by atoms with Gasteiger partial charge >= 0.3 is 0 Å². The highest BCUT2D eigenvalue weighted by Gasteiger charge is 1.74. The Bertz CT molecular complexity index is 95.8. The second kappa shape index (κ2) is 4.05. The smallest absolute Gasteiger partial charge is 0.112 e. The van der Waals surface area contributed by atoms with E-state index in [4.69, 9.17) is 5.73 Å². The van der Waals surface area contributed by atoms with E-state index in [2.05, 4.69) is 17.2 Å². The van der Waals surface area contributed by atoms with Crippen LogP contribution in [-0.2, 0) is 0 Å². The molecule has 0 aliphatic carbocycles. The van der Waals surface area contributed by atoms with Crippen LogP contribution in [0, 0.1) is 0 Å². The van der Waals surface area contributed by atoms with Crippen LogP contribution in [0.3, 0.4) is 0 Å². The summed E-state index contributed by atoms with van der Waals surface area (Å²) in [5.41, 5.74) is 5.30. The van der Waals surface area contributed by atoms with Gasteiger partial charge < -0.3 is 16.4 Å². The van der Waals surface area contributed by atoms with E-state index in [-0.39, 0.29) is 0 Å². The van der Waals surface area contributed by atoms with E-state index in [1.54, 1.807) is 19.4 Å². The average molecular weight is 113 g/mol. The van der Waals surface area contributed by atoms with Crippen LogP contribution in [-0.4, -0.2) is 7.05 Å². The number of nitrogens with one attached hydrogen (secondary N) is 2. The first kappa shape index (κ1) is 6.88. The van der Waals surface area contributed by atoms with E-state index in [1.165, 1.54) is 0 Å². The fourth-order valence-corrected chi connectivity index (χ4v) is 0.221. The minimum Gasteiger partial charge on any atom is -0.384 e. The molecule has 3 nitrogen and oxygen atoms in total. The van der Waals surface area contributed by atoms with Crippen molar-refractivity contribution in [3.05, 3.63) is 24.8 Å². The molecule has 0 amide bonds. The van der Waals surface area contributed by atoms with Crippen molar-refractivity contribution in [2.24, 2.45) is 5.73 Å². The second-order valence-corrected chi connectivity index (χ2v) is 1.22. The van der Waals surface area contributed by atoms with E-state index in [0.717, 1.165) is 0 Å². The van der Waals surface area contributed by atoms with Gasteiger partial charge in [0, 0.05) is 13.2 Å². The average Bonchev–Trinajstić information content (AvgIpc) is 1.83. The van der Waals surface area contributed by atoms with Gasteiger partial charge in [0.05, 0.1) is 0 Å². The van der Waals surface area contributed by atoms with Gasteiger partial charge in [-0.05, 0) is 6.20 Å². The normalized spacial score (nSPS) is 10.4. The van der Waals surface area contributed by atoms with Crippen LogP contribution in [0.1, 0.15) is 0 Å². The molecule has 3 heteroatoms. The zero-order valence-corrected chi connectivity index (χ0v) is 4.94. The summed E-state index contributed by atoms with van der Waals surface area (Å²) >= 11 is 0. The SMILES string of the molecule is C=CN/C=C(/N)NC. The molecule has 0 fully saturated rings. The molecule has 0 aromatic carbocycles. The number of nitrogens with two attached hydrogens (primary N) is 1. The third-order valence-electron chi connectivity index (χ3n) is 0.645. The Hall–Kier alpha value is -1.12. The summed E-state index contributed by atoms with van der Waals surface area (Å²) in [6.07, 6.45) is 3.16. The second-order valence-electron chi connectivity index (χ2n) is 1.22. The molecule has 0 atom stereocenters. The van der Waals surface area contributed by atoms with Crippen molar-refractivity contribution in [2.75, 3.05) is 7.05 Å². The third kappa shape index (κ3) is 3.08. The quantitative estimate of drug-likeness (QED) is 0.471. The number of hydrogen-bond acceptors (Lipinski definition) is 3. The van der Waals surface area contributed by atoms with Gasteiger partial charge in [-0.25, -0.2) is 0 Å².